The van der Waals surface area contributed by atoms with E-state index in [0.717, 1.165) is 4.57 Å². The number of aromatic nitrogens is 2. The highest BCUT2D eigenvalue weighted by atomic mass is 32.1. The van der Waals surface area contributed by atoms with Crippen LogP contribution in [0.2, 0.25) is 0 Å². The summed E-state index contributed by atoms with van der Waals surface area (Å²) in [6, 6.07) is 1.40. The van der Waals surface area contributed by atoms with Crippen LogP contribution in [0.15, 0.2) is 17.1 Å². The molecule has 1 aliphatic heterocycles. The van der Waals surface area contributed by atoms with E-state index < -0.39 is 60.1 Å². The quantitative estimate of drug-likeness (QED) is 0.207. The van der Waals surface area contributed by atoms with Crippen molar-refractivity contribution in [2.75, 3.05) is 6.61 Å². The Balaban J connectivity index is 2.06. The van der Waals surface area contributed by atoms with Gasteiger partial charge in [-0.3, -0.25) is 14.1 Å². The van der Waals surface area contributed by atoms with Crippen molar-refractivity contribution >= 4 is 35.7 Å². The molecule has 6 N–H and O–H groups in total. The molecule has 6 atom stereocenters. The number of aromatic amines is 1. The van der Waals surface area contributed by atoms with Crippen LogP contribution < -0.4 is 5.69 Å². The number of nitrogens with zero attached hydrogens (tertiary/aromatic N) is 1. The van der Waals surface area contributed by atoms with Crippen LogP contribution in [0, 0.1) is 10.6 Å². The summed E-state index contributed by atoms with van der Waals surface area (Å²) >= 11 is 4.81. The van der Waals surface area contributed by atoms with Gasteiger partial charge in [-0.15, -0.1) is 0 Å². The van der Waals surface area contributed by atoms with Gasteiger partial charge in [-0.1, -0.05) is 19.1 Å². The lowest BCUT2D eigenvalue weighted by atomic mass is 10.0. The average molecular weight is 498 g/mol. The molecule has 2 heterocycles. The summed E-state index contributed by atoms with van der Waals surface area (Å²) in [5.74, 6) is -0.688. The summed E-state index contributed by atoms with van der Waals surface area (Å²) in [6.07, 6.45) is -2.24. The summed E-state index contributed by atoms with van der Waals surface area (Å²) in [7, 11) is -16.5. The first-order valence-electron chi connectivity index (χ1n) is 7.53. The van der Waals surface area contributed by atoms with Crippen LogP contribution >= 0.6 is 35.7 Å². The Labute approximate surface area is 167 Å². The highest BCUT2D eigenvalue weighted by Gasteiger charge is 2.45. The van der Waals surface area contributed by atoms with E-state index in [-0.39, 0.29) is 4.64 Å². The first-order valence-corrected chi connectivity index (χ1v) is 12.5. The van der Waals surface area contributed by atoms with Crippen molar-refractivity contribution in [1.82, 2.24) is 9.55 Å². The monoisotopic (exact) mass is 498 g/mol. The van der Waals surface area contributed by atoms with Gasteiger partial charge in [0.15, 0.2) is 0 Å². The number of aliphatic hydroxyl groups excluding tert-OH is 1. The number of ether oxygens (including phenoxy) is 1. The molecule has 15 nitrogen and oxygen atoms in total. The predicted octanol–water partition coefficient (Wildman–Crippen LogP) is 0.144. The second-order valence-corrected chi connectivity index (χ2v) is 10.7. The number of nitrogens with one attached hydrogen (secondary N) is 1. The lowest BCUT2D eigenvalue weighted by molar-refractivity contribution is -0.0467. The Morgan fingerprint density at radius 2 is 1.83 bits per heavy atom. The van der Waals surface area contributed by atoms with Gasteiger partial charge in [-0.05, 0) is 6.07 Å². The third-order valence-corrected chi connectivity index (χ3v) is 7.67. The highest BCUT2D eigenvalue weighted by Crippen LogP contribution is 2.66. The van der Waals surface area contributed by atoms with Gasteiger partial charge in [0.05, 0.1) is 12.7 Å². The molecule has 0 bridgehead atoms. The maximum Gasteiger partial charge on any atom is 0.490 e. The molecule has 0 amide bonds. The average Bonchev–Trinajstić information content (AvgIpc) is 2.78. The third-order valence-electron chi connectivity index (χ3n) is 3.63. The van der Waals surface area contributed by atoms with Crippen molar-refractivity contribution in [3.63, 3.8) is 0 Å². The Morgan fingerprint density at radius 3 is 2.38 bits per heavy atom. The first-order chi connectivity index (χ1) is 13.1. The standard InChI is InChI=1S/C10H17N2O13P3S/c1-5-8(13)6(23-9(5)12-3-2-7(29)11-10(12)14)4-22-27(18,19)25-28(20,21)24-26(15,16)17/h2-3,5-6,8-9,13H,4H2,1H3,(H,18,19)(H,20,21)(H,11,14,29)(H2,15,16,17). The molecule has 29 heavy (non-hydrogen) atoms. The number of rotatable bonds is 8. The van der Waals surface area contributed by atoms with Crippen molar-refractivity contribution < 1.29 is 56.3 Å². The molecule has 6 unspecified atom stereocenters. The van der Waals surface area contributed by atoms with Gasteiger partial charge in [0.1, 0.15) is 17.0 Å². The molecule has 1 aromatic heterocycles. The van der Waals surface area contributed by atoms with Crippen LogP contribution in [0.1, 0.15) is 13.2 Å². The first kappa shape index (κ1) is 24.7. The minimum Gasteiger partial charge on any atom is -0.390 e. The molecule has 1 aliphatic rings. The number of phosphoric acid groups is 3. The molecule has 0 spiro atoms. The maximum atomic E-state index is 12.0. The minimum atomic E-state index is -5.66. The van der Waals surface area contributed by atoms with Gasteiger partial charge in [-0.2, -0.15) is 8.62 Å². The largest absolute Gasteiger partial charge is 0.490 e. The number of phosphoric ester groups is 1. The van der Waals surface area contributed by atoms with Crippen LogP contribution in [0.5, 0.6) is 0 Å². The van der Waals surface area contributed by atoms with Crippen molar-refractivity contribution in [2.45, 2.75) is 25.4 Å². The zero-order valence-electron chi connectivity index (χ0n) is 14.4. The molecule has 166 valence electrons. The number of aliphatic hydroxyl groups is 1. The van der Waals surface area contributed by atoms with E-state index in [1.807, 2.05) is 0 Å². The van der Waals surface area contributed by atoms with Crippen LogP contribution in [-0.2, 0) is 31.6 Å². The zero-order valence-corrected chi connectivity index (χ0v) is 17.9. The number of hydrogen-bond donors (Lipinski definition) is 6. The smallest absolute Gasteiger partial charge is 0.390 e. The van der Waals surface area contributed by atoms with E-state index in [2.05, 4.69) is 18.1 Å². The SMILES string of the molecule is CC1C(O)C(COP(=O)(O)OP(=O)(O)OP(=O)(O)O)OC1n1ccc(=S)[nH]c1=O. The molecule has 1 aromatic rings. The fourth-order valence-corrected chi connectivity index (χ4v) is 5.62. The molecule has 0 aromatic carbocycles. The van der Waals surface area contributed by atoms with E-state index >= 15 is 0 Å². The summed E-state index contributed by atoms with van der Waals surface area (Å²) in [6.45, 7) is 0.678. The Kier molecular flexibility index (Phi) is 7.57. The van der Waals surface area contributed by atoms with E-state index in [0.29, 0.717) is 0 Å². The summed E-state index contributed by atoms with van der Waals surface area (Å²) < 4.78 is 51.9. The maximum absolute atomic E-state index is 12.0. The van der Waals surface area contributed by atoms with Crippen molar-refractivity contribution in [2.24, 2.45) is 5.92 Å². The van der Waals surface area contributed by atoms with Crippen LogP contribution in [-0.4, -0.2) is 53.0 Å². The fourth-order valence-electron chi connectivity index (χ4n) is 2.45. The minimum absolute atomic E-state index is 0.168. The summed E-state index contributed by atoms with van der Waals surface area (Å²) in [5.41, 5.74) is -0.630. The Hall–Kier alpha value is -0.570. The van der Waals surface area contributed by atoms with Crippen molar-refractivity contribution in [3.8, 4) is 0 Å². The topological polar surface area (TPSA) is 227 Å². The second kappa shape index (κ2) is 8.89. The Bertz CT molecular complexity index is 1000. The van der Waals surface area contributed by atoms with Crippen LogP contribution in [0.25, 0.3) is 0 Å². The molecule has 0 aliphatic carbocycles. The van der Waals surface area contributed by atoms with Gasteiger partial charge in [0.2, 0.25) is 0 Å². The molecule has 1 saturated heterocycles. The lowest BCUT2D eigenvalue weighted by Crippen LogP contribution is -2.30. The number of H-pyrrole nitrogens is 1. The molecular formula is C10H17N2O13P3S. The number of hydrogen-bond acceptors (Lipinski definition) is 10. The zero-order chi connectivity index (χ0) is 22.2. The van der Waals surface area contributed by atoms with E-state index in [9.17, 15) is 28.5 Å². The van der Waals surface area contributed by atoms with Gasteiger partial charge >= 0.3 is 29.2 Å². The molecule has 2 rings (SSSR count). The van der Waals surface area contributed by atoms with E-state index in [1.165, 1.54) is 19.2 Å². The predicted molar refractivity (Wildman–Crippen MR) is 94.8 cm³/mol. The van der Waals surface area contributed by atoms with Gasteiger partial charge in [-0.25, -0.2) is 18.5 Å². The van der Waals surface area contributed by atoms with Crippen molar-refractivity contribution in [3.05, 3.63) is 27.4 Å². The van der Waals surface area contributed by atoms with Crippen molar-refractivity contribution in [1.29, 1.82) is 0 Å². The van der Waals surface area contributed by atoms with E-state index in [1.54, 1.807) is 0 Å². The van der Waals surface area contributed by atoms with Gasteiger partial charge in [0.25, 0.3) is 0 Å². The highest BCUT2D eigenvalue weighted by molar-refractivity contribution is 7.71. The molecular weight excluding hydrogens is 481 g/mol. The van der Waals surface area contributed by atoms with Gasteiger partial charge < -0.3 is 29.4 Å². The van der Waals surface area contributed by atoms with E-state index in [4.69, 9.17) is 31.6 Å². The fraction of sp³-hybridized carbons (Fsp3) is 0.600. The molecule has 0 saturated carbocycles. The van der Waals surface area contributed by atoms with Crippen LogP contribution in [0.4, 0.5) is 0 Å². The summed E-state index contributed by atoms with van der Waals surface area (Å²) in [4.78, 5) is 49.8. The normalized spacial score (nSPS) is 29.3. The molecule has 19 heteroatoms. The molecule has 1 fully saturated rings. The van der Waals surface area contributed by atoms with Crippen LogP contribution in [0.3, 0.4) is 0 Å². The molecule has 0 radical (unpaired) electrons. The Morgan fingerprint density at radius 1 is 1.21 bits per heavy atom. The third kappa shape index (κ3) is 6.97. The second-order valence-electron chi connectivity index (χ2n) is 5.82. The summed E-state index contributed by atoms with van der Waals surface area (Å²) in [5, 5.41) is 10.2. The lowest BCUT2D eigenvalue weighted by Gasteiger charge is -2.19. The van der Waals surface area contributed by atoms with Gasteiger partial charge in [0, 0.05) is 12.1 Å².